The number of thioether (sulfide) groups is 1. The molecule has 0 fully saturated rings. The Labute approximate surface area is 202 Å². The van der Waals surface area contributed by atoms with E-state index in [0.29, 0.717) is 11.4 Å². The third-order valence-electron chi connectivity index (χ3n) is 6.12. The maximum absolute atomic E-state index is 13.3. The average molecular weight is 474 g/mol. The number of benzene rings is 2. The molecule has 34 heavy (non-hydrogen) atoms. The first kappa shape index (κ1) is 22.4. The van der Waals surface area contributed by atoms with Crippen LogP contribution in [0.5, 0.6) is 0 Å². The Kier molecular flexibility index (Phi) is 6.49. The summed E-state index contributed by atoms with van der Waals surface area (Å²) in [6.45, 7) is 2.88. The predicted molar refractivity (Wildman–Crippen MR) is 135 cm³/mol. The molecule has 1 N–H and O–H groups in total. The third kappa shape index (κ3) is 4.50. The van der Waals surface area contributed by atoms with Crippen LogP contribution >= 0.6 is 11.8 Å². The molecular weight excluding hydrogens is 446 g/mol. The van der Waals surface area contributed by atoms with Crippen LogP contribution in [-0.4, -0.2) is 31.0 Å². The van der Waals surface area contributed by atoms with Gasteiger partial charge in [-0.3, -0.25) is 9.59 Å². The highest BCUT2D eigenvalue weighted by molar-refractivity contribution is 7.99. The Bertz CT molecular complexity index is 1350. The van der Waals surface area contributed by atoms with Crippen LogP contribution in [0.4, 0.5) is 5.69 Å². The van der Waals surface area contributed by atoms with E-state index in [-0.39, 0.29) is 17.2 Å². The summed E-state index contributed by atoms with van der Waals surface area (Å²) in [6, 6.07) is 17.3. The fraction of sp³-hybridized carbons (Fsp3) is 0.308. The summed E-state index contributed by atoms with van der Waals surface area (Å²) in [7, 11) is 0. The molecule has 0 atom stereocenters. The van der Waals surface area contributed by atoms with Crippen molar-refractivity contribution in [2.75, 3.05) is 11.1 Å². The molecule has 3 aliphatic heterocycles. The molecule has 5 rings (SSSR count). The van der Waals surface area contributed by atoms with Gasteiger partial charge in [0.1, 0.15) is 5.56 Å². The van der Waals surface area contributed by atoms with E-state index in [4.69, 9.17) is 4.98 Å². The first-order valence-electron chi connectivity index (χ1n) is 11.7. The number of para-hydroxylation sites is 1. The van der Waals surface area contributed by atoms with Gasteiger partial charge in [-0.1, -0.05) is 55.4 Å². The number of carbonyl (C=O) groups excluding carboxylic acids is 1. The Hall–Kier alpha value is -3.39. The van der Waals surface area contributed by atoms with Gasteiger partial charge < -0.3 is 9.88 Å². The molecule has 0 aliphatic carbocycles. The van der Waals surface area contributed by atoms with Crippen LogP contribution < -0.4 is 10.9 Å². The molecule has 1 amide bonds. The van der Waals surface area contributed by atoms with Crippen LogP contribution in [0.25, 0.3) is 17.1 Å². The van der Waals surface area contributed by atoms with Gasteiger partial charge in [-0.15, -0.1) is 5.10 Å². The molecule has 0 radical (unpaired) electrons. The van der Waals surface area contributed by atoms with E-state index < -0.39 is 0 Å². The minimum absolute atomic E-state index is 0.0811. The number of aryl methyl sites for hydroxylation is 1. The van der Waals surface area contributed by atoms with Gasteiger partial charge in [0.15, 0.2) is 11.0 Å². The summed E-state index contributed by atoms with van der Waals surface area (Å²) in [6.07, 6.45) is 4.87. The number of hydrogen-bond donors (Lipinski definition) is 1. The summed E-state index contributed by atoms with van der Waals surface area (Å²) < 4.78 is 3.56. The normalized spacial score (nSPS) is 13.4. The number of anilines is 1. The van der Waals surface area contributed by atoms with Crippen molar-refractivity contribution < 1.29 is 4.79 Å². The Morgan fingerprint density at radius 2 is 1.94 bits per heavy atom. The SMILES string of the molecule is CCc1cccc(NC(=O)CSc2nc3nn(-c4ccccc4)c(=O)c-3c3n2CCCCC3)c1. The zero-order valence-corrected chi connectivity index (χ0v) is 20.0. The lowest BCUT2D eigenvalue weighted by molar-refractivity contribution is -0.113. The van der Waals surface area contributed by atoms with Crippen molar-refractivity contribution in [1.29, 1.82) is 0 Å². The minimum Gasteiger partial charge on any atom is -0.325 e. The monoisotopic (exact) mass is 473 g/mol. The molecule has 0 spiro atoms. The Balaban J connectivity index is 1.46. The van der Waals surface area contributed by atoms with Crippen LogP contribution in [0.1, 0.15) is 37.4 Å². The highest BCUT2D eigenvalue weighted by Crippen LogP contribution is 2.30. The van der Waals surface area contributed by atoms with Gasteiger partial charge in [-0.2, -0.15) is 4.68 Å². The van der Waals surface area contributed by atoms with Crippen molar-refractivity contribution in [3.05, 3.63) is 76.2 Å². The number of hydrogen-bond acceptors (Lipinski definition) is 5. The van der Waals surface area contributed by atoms with Gasteiger partial charge in [-0.25, -0.2) is 4.98 Å². The van der Waals surface area contributed by atoms with Gasteiger partial charge in [0.25, 0.3) is 5.56 Å². The fourth-order valence-corrected chi connectivity index (χ4v) is 5.24. The number of carbonyl (C=O) groups is 1. The summed E-state index contributed by atoms with van der Waals surface area (Å²) in [5, 5.41) is 8.28. The van der Waals surface area contributed by atoms with E-state index in [9.17, 15) is 9.59 Å². The van der Waals surface area contributed by atoms with Crippen molar-refractivity contribution in [3.8, 4) is 17.1 Å². The van der Waals surface area contributed by atoms with Crippen molar-refractivity contribution in [3.63, 3.8) is 0 Å². The lowest BCUT2D eigenvalue weighted by Crippen LogP contribution is -2.20. The van der Waals surface area contributed by atoms with Crippen molar-refractivity contribution in [1.82, 2.24) is 19.3 Å². The van der Waals surface area contributed by atoms with Crippen molar-refractivity contribution in [2.24, 2.45) is 0 Å². The van der Waals surface area contributed by atoms with E-state index >= 15 is 0 Å². The third-order valence-corrected chi connectivity index (χ3v) is 7.10. The van der Waals surface area contributed by atoms with E-state index in [1.807, 2.05) is 54.6 Å². The van der Waals surface area contributed by atoms with E-state index in [2.05, 4.69) is 21.9 Å². The van der Waals surface area contributed by atoms with Gasteiger partial charge in [0.05, 0.1) is 11.4 Å². The molecule has 0 unspecified atom stereocenters. The van der Waals surface area contributed by atoms with Crippen LogP contribution in [0, 0.1) is 0 Å². The second-order valence-electron chi connectivity index (χ2n) is 8.45. The molecule has 3 aliphatic rings. The highest BCUT2D eigenvalue weighted by Gasteiger charge is 2.27. The number of aromatic nitrogens is 4. The molecule has 7 nitrogen and oxygen atoms in total. The molecule has 2 aromatic carbocycles. The molecule has 0 aromatic heterocycles. The summed E-state index contributed by atoms with van der Waals surface area (Å²) in [5.41, 5.74) is 4.15. The van der Waals surface area contributed by atoms with Crippen LogP contribution in [0.15, 0.2) is 64.5 Å². The van der Waals surface area contributed by atoms with Crippen LogP contribution in [0.2, 0.25) is 0 Å². The fourth-order valence-electron chi connectivity index (χ4n) is 4.40. The topological polar surface area (TPSA) is 81.8 Å². The Morgan fingerprint density at radius 3 is 2.76 bits per heavy atom. The minimum atomic E-state index is -0.135. The number of amides is 1. The number of nitrogens with zero attached hydrogens (tertiary/aromatic N) is 4. The van der Waals surface area contributed by atoms with Gasteiger partial charge in [-0.05, 0) is 55.5 Å². The van der Waals surface area contributed by atoms with E-state index in [1.54, 1.807) is 0 Å². The van der Waals surface area contributed by atoms with Gasteiger partial charge in [0, 0.05) is 17.9 Å². The van der Waals surface area contributed by atoms with Gasteiger partial charge in [0.2, 0.25) is 5.91 Å². The molecule has 0 saturated carbocycles. The zero-order valence-electron chi connectivity index (χ0n) is 19.2. The lowest BCUT2D eigenvalue weighted by Gasteiger charge is -2.17. The van der Waals surface area contributed by atoms with Gasteiger partial charge >= 0.3 is 0 Å². The predicted octanol–water partition coefficient (Wildman–Crippen LogP) is 4.55. The summed E-state index contributed by atoms with van der Waals surface area (Å²) >= 11 is 1.40. The molecule has 8 heteroatoms. The first-order chi connectivity index (χ1) is 16.6. The number of rotatable bonds is 6. The first-order valence-corrected chi connectivity index (χ1v) is 12.7. The molecule has 0 saturated heterocycles. The average Bonchev–Trinajstić information content (AvgIpc) is 3.02. The summed E-state index contributed by atoms with van der Waals surface area (Å²) in [4.78, 5) is 30.8. The van der Waals surface area contributed by atoms with Crippen LogP contribution in [0.3, 0.4) is 0 Å². The van der Waals surface area contributed by atoms with E-state index in [1.165, 1.54) is 22.0 Å². The zero-order chi connectivity index (χ0) is 23.5. The molecule has 174 valence electrons. The van der Waals surface area contributed by atoms with Crippen LogP contribution in [-0.2, 0) is 24.2 Å². The summed E-state index contributed by atoms with van der Waals surface area (Å²) in [5.74, 6) is 0.598. The Morgan fingerprint density at radius 1 is 1.09 bits per heavy atom. The van der Waals surface area contributed by atoms with E-state index in [0.717, 1.165) is 60.9 Å². The second-order valence-corrected chi connectivity index (χ2v) is 9.39. The maximum Gasteiger partial charge on any atom is 0.284 e. The molecule has 0 bridgehead atoms. The second kappa shape index (κ2) is 9.85. The smallest absolute Gasteiger partial charge is 0.284 e. The quantitative estimate of drug-likeness (QED) is 0.328. The maximum atomic E-state index is 13.3. The standard InChI is InChI=1S/C26H27N5O2S/c1-2-18-10-9-11-19(16-18)27-22(32)17-34-26-28-24-23(21-14-7-4-8-15-30(21)26)25(33)31(29-24)20-12-5-3-6-13-20/h3,5-6,9-13,16H,2,4,7-8,14-15,17H2,1H3,(H,27,32). The molecular formula is C26H27N5O2S. The highest BCUT2D eigenvalue weighted by atomic mass is 32.2. The molecule has 3 heterocycles. The lowest BCUT2D eigenvalue weighted by atomic mass is 10.1. The van der Waals surface area contributed by atoms with Crippen molar-refractivity contribution >= 4 is 23.4 Å². The number of nitrogens with one attached hydrogen (secondary N) is 1. The van der Waals surface area contributed by atoms with Crippen molar-refractivity contribution in [2.45, 2.75) is 50.7 Å². The largest absolute Gasteiger partial charge is 0.325 e. The number of fused-ring (bicyclic) bond motifs is 3. The molecule has 2 aromatic rings.